The third-order valence-electron chi connectivity index (χ3n) is 3.80. The molecule has 3 aromatic rings. The van der Waals surface area contributed by atoms with Crippen LogP contribution in [0, 0.1) is 10.1 Å². The van der Waals surface area contributed by atoms with Crippen LogP contribution in [0.15, 0.2) is 70.6 Å². The van der Waals surface area contributed by atoms with Crippen molar-refractivity contribution in [1.29, 1.82) is 0 Å². The van der Waals surface area contributed by atoms with Crippen LogP contribution in [0.4, 0.5) is 11.4 Å². The Morgan fingerprint density at radius 3 is 2.55 bits per heavy atom. The first-order chi connectivity index (χ1) is 14.8. The molecule has 1 aromatic heterocycles. The molecule has 1 amide bonds. The number of anilines is 1. The van der Waals surface area contributed by atoms with Crippen molar-refractivity contribution in [2.75, 3.05) is 11.9 Å². The molecule has 0 saturated heterocycles. The fourth-order valence-corrected chi connectivity index (χ4v) is 3.59. The number of amides is 1. The summed E-state index contributed by atoms with van der Waals surface area (Å²) in [5, 5.41) is 14.2. The Balaban J connectivity index is 1.75. The standard InChI is InChI=1S/C20H13Cl2N3O5S/c21-12-3-6-14(7-4-12)31-17-8-5-13(25(28)29)10-15(17)20(27)30-11-18(26)24-16-2-1-9-23-19(16)22/h1-10H,11H2,(H,24,26). The van der Waals surface area contributed by atoms with Crippen LogP contribution in [0.3, 0.4) is 0 Å². The second kappa shape index (κ2) is 10.3. The molecule has 0 unspecified atom stereocenters. The maximum absolute atomic E-state index is 12.6. The Morgan fingerprint density at radius 2 is 1.87 bits per heavy atom. The van der Waals surface area contributed by atoms with E-state index >= 15 is 0 Å². The topological polar surface area (TPSA) is 111 Å². The lowest BCUT2D eigenvalue weighted by molar-refractivity contribution is -0.384. The average Bonchev–Trinajstić information content (AvgIpc) is 2.75. The van der Waals surface area contributed by atoms with Crippen LogP contribution >= 0.6 is 35.0 Å². The Bertz CT molecular complexity index is 1140. The van der Waals surface area contributed by atoms with Gasteiger partial charge in [-0.2, -0.15) is 0 Å². The number of nitro groups is 1. The predicted octanol–water partition coefficient (Wildman–Crippen LogP) is 5.24. The highest BCUT2D eigenvalue weighted by molar-refractivity contribution is 7.99. The smallest absolute Gasteiger partial charge is 0.340 e. The van der Waals surface area contributed by atoms with Crippen molar-refractivity contribution >= 4 is 58.2 Å². The van der Waals surface area contributed by atoms with Gasteiger partial charge >= 0.3 is 5.97 Å². The van der Waals surface area contributed by atoms with E-state index in [-0.39, 0.29) is 22.1 Å². The lowest BCUT2D eigenvalue weighted by Gasteiger charge is -2.10. The summed E-state index contributed by atoms with van der Waals surface area (Å²) in [7, 11) is 0. The molecule has 0 saturated carbocycles. The molecular formula is C20H13Cl2N3O5S. The summed E-state index contributed by atoms with van der Waals surface area (Å²) < 4.78 is 5.06. The summed E-state index contributed by atoms with van der Waals surface area (Å²) in [5.74, 6) is -1.52. The van der Waals surface area contributed by atoms with E-state index in [0.29, 0.717) is 9.92 Å². The zero-order valence-electron chi connectivity index (χ0n) is 15.6. The zero-order chi connectivity index (χ0) is 22.4. The second-order valence-corrected chi connectivity index (χ2v) is 7.87. The Kier molecular flexibility index (Phi) is 7.45. The minimum absolute atomic E-state index is 0.0404. The number of nitro benzene ring substituents is 1. The highest BCUT2D eigenvalue weighted by Gasteiger charge is 2.20. The highest BCUT2D eigenvalue weighted by atomic mass is 35.5. The maximum Gasteiger partial charge on any atom is 0.340 e. The van der Waals surface area contributed by atoms with Gasteiger partial charge in [0.25, 0.3) is 11.6 Å². The van der Waals surface area contributed by atoms with Crippen molar-refractivity contribution in [2.45, 2.75) is 9.79 Å². The van der Waals surface area contributed by atoms with E-state index in [1.807, 2.05) is 0 Å². The molecule has 0 aliphatic carbocycles. The normalized spacial score (nSPS) is 10.4. The number of aromatic nitrogens is 1. The number of esters is 1. The third-order valence-corrected chi connectivity index (χ3v) is 5.44. The molecule has 0 fully saturated rings. The molecule has 11 heteroatoms. The van der Waals surface area contributed by atoms with Crippen molar-refractivity contribution in [3.05, 3.63) is 86.6 Å². The van der Waals surface area contributed by atoms with Gasteiger partial charge in [0.05, 0.1) is 16.2 Å². The SMILES string of the molecule is O=C(COC(=O)c1cc([N+](=O)[O-])ccc1Sc1ccc(Cl)cc1)Nc1cccnc1Cl. The maximum atomic E-state index is 12.6. The number of nitrogens with one attached hydrogen (secondary N) is 1. The van der Waals surface area contributed by atoms with E-state index in [2.05, 4.69) is 10.3 Å². The van der Waals surface area contributed by atoms with Gasteiger partial charge < -0.3 is 10.1 Å². The fraction of sp³-hybridized carbons (Fsp3) is 0.0500. The molecule has 1 heterocycles. The molecule has 0 aliphatic heterocycles. The van der Waals surface area contributed by atoms with Gasteiger partial charge in [0.1, 0.15) is 0 Å². The molecule has 0 bridgehead atoms. The Labute approximate surface area is 190 Å². The molecule has 2 aromatic carbocycles. The van der Waals surface area contributed by atoms with Crippen LogP contribution in [0.2, 0.25) is 10.2 Å². The summed E-state index contributed by atoms with van der Waals surface area (Å²) in [6.45, 7) is -0.613. The quantitative estimate of drug-likeness (QED) is 0.214. The van der Waals surface area contributed by atoms with Gasteiger partial charge in [-0.15, -0.1) is 0 Å². The van der Waals surface area contributed by atoms with E-state index in [0.717, 1.165) is 11.0 Å². The van der Waals surface area contributed by atoms with Crippen LogP contribution in [-0.4, -0.2) is 28.4 Å². The second-order valence-electron chi connectivity index (χ2n) is 5.96. The molecule has 0 aliphatic rings. The fourth-order valence-electron chi connectivity index (χ4n) is 2.38. The number of carbonyl (C=O) groups is 2. The number of carbonyl (C=O) groups excluding carboxylic acids is 2. The summed E-state index contributed by atoms with van der Waals surface area (Å²) in [4.78, 5) is 40.2. The average molecular weight is 478 g/mol. The molecule has 0 radical (unpaired) electrons. The predicted molar refractivity (Wildman–Crippen MR) is 117 cm³/mol. The minimum atomic E-state index is -0.882. The number of ether oxygens (including phenoxy) is 1. The molecule has 8 nitrogen and oxygen atoms in total. The third kappa shape index (κ3) is 6.17. The van der Waals surface area contributed by atoms with E-state index < -0.39 is 23.4 Å². The highest BCUT2D eigenvalue weighted by Crippen LogP contribution is 2.33. The summed E-state index contributed by atoms with van der Waals surface area (Å²) in [5.41, 5.74) is -0.0556. The van der Waals surface area contributed by atoms with Crippen molar-refractivity contribution in [2.24, 2.45) is 0 Å². The molecule has 31 heavy (non-hydrogen) atoms. The van der Waals surface area contributed by atoms with Crippen LogP contribution in [0.1, 0.15) is 10.4 Å². The van der Waals surface area contributed by atoms with E-state index in [1.165, 1.54) is 36.2 Å². The number of pyridine rings is 1. The van der Waals surface area contributed by atoms with Crippen LogP contribution in [-0.2, 0) is 9.53 Å². The van der Waals surface area contributed by atoms with Gasteiger partial charge in [0.15, 0.2) is 11.8 Å². The van der Waals surface area contributed by atoms with E-state index in [4.69, 9.17) is 27.9 Å². The first-order valence-corrected chi connectivity index (χ1v) is 10.2. The van der Waals surface area contributed by atoms with Gasteiger partial charge in [0.2, 0.25) is 0 Å². The molecule has 1 N–H and O–H groups in total. The number of hydrogen-bond donors (Lipinski definition) is 1. The Morgan fingerprint density at radius 1 is 1.13 bits per heavy atom. The van der Waals surface area contributed by atoms with Crippen molar-refractivity contribution in [3.63, 3.8) is 0 Å². The summed E-state index contributed by atoms with van der Waals surface area (Å²) in [6.07, 6.45) is 1.46. The van der Waals surface area contributed by atoms with E-state index in [9.17, 15) is 19.7 Å². The molecular weight excluding hydrogens is 465 g/mol. The van der Waals surface area contributed by atoms with Crippen LogP contribution < -0.4 is 5.32 Å². The van der Waals surface area contributed by atoms with Gasteiger partial charge in [-0.05, 0) is 42.5 Å². The number of halogens is 2. The van der Waals surface area contributed by atoms with Gasteiger partial charge in [0, 0.05) is 33.1 Å². The molecule has 0 spiro atoms. The first-order valence-electron chi connectivity index (χ1n) is 8.63. The number of hydrogen-bond acceptors (Lipinski definition) is 7. The minimum Gasteiger partial charge on any atom is -0.452 e. The molecule has 158 valence electrons. The molecule has 0 atom stereocenters. The summed E-state index contributed by atoms with van der Waals surface area (Å²) in [6, 6.07) is 13.8. The monoisotopic (exact) mass is 477 g/mol. The van der Waals surface area contributed by atoms with Gasteiger partial charge in [-0.1, -0.05) is 35.0 Å². The van der Waals surface area contributed by atoms with Crippen molar-refractivity contribution < 1.29 is 19.2 Å². The molecule has 3 rings (SSSR count). The largest absolute Gasteiger partial charge is 0.452 e. The lowest BCUT2D eigenvalue weighted by Crippen LogP contribution is -2.21. The zero-order valence-corrected chi connectivity index (χ0v) is 17.9. The Hall–Kier alpha value is -3.14. The van der Waals surface area contributed by atoms with Crippen molar-refractivity contribution in [1.82, 2.24) is 4.98 Å². The lowest BCUT2D eigenvalue weighted by atomic mass is 10.2. The first kappa shape index (κ1) is 22.5. The number of benzene rings is 2. The van der Waals surface area contributed by atoms with E-state index in [1.54, 1.807) is 30.3 Å². The number of nitrogens with zero attached hydrogens (tertiary/aromatic N) is 2. The number of rotatable bonds is 7. The van der Waals surface area contributed by atoms with Crippen molar-refractivity contribution in [3.8, 4) is 0 Å². The number of non-ortho nitro benzene ring substituents is 1. The summed E-state index contributed by atoms with van der Waals surface area (Å²) >= 11 is 13.0. The van der Waals surface area contributed by atoms with Gasteiger partial charge in [-0.25, -0.2) is 9.78 Å². The van der Waals surface area contributed by atoms with Crippen LogP contribution in [0.5, 0.6) is 0 Å². The van der Waals surface area contributed by atoms with Crippen LogP contribution in [0.25, 0.3) is 0 Å². The van der Waals surface area contributed by atoms with Gasteiger partial charge in [-0.3, -0.25) is 14.9 Å².